The normalized spacial score (nSPS) is 12.0. The predicted molar refractivity (Wildman–Crippen MR) is 108 cm³/mol. The molecule has 3 rings (SSSR count). The van der Waals surface area contributed by atoms with Crippen LogP contribution in [-0.2, 0) is 29.1 Å². The molecule has 0 saturated carbocycles. The first-order valence-electron chi connectivity index (χ1n) is 9.80. The van der Waals surface area contributed by atoms with E-state index in [1.165, 1.54) is 0 Å². The number of rotatable bonds is 8. The molecular formula is C21H24F3N5O2. The number of amides is 1. The third kappa shape index (κ3) is 6.48. The second-order valence-electron chi connectivity index (χ2n) is 7.63. The molecule has 0 radical (unpaired) electrons. The lowest BCUT2D eigenvalue weighted by Gasteiger charge is -2.10. The Labute approximate surface area is 177 Å². The maximum absolute atomic E-state index is 12.2. The molecule has 0 bridgehead atoms. The van der Waals surface area contributed by atoms with E-state index >= 15 is 0 Å². The molecule has 1 amide bonds. The molecule has 0 saturated heterocycles. The van der Waals surface area contributed by atoms with Crippen molar-refractivity contribution in [3.63, 3.8) is 0 Å². The lowest BCUT2D eigenvalue weighted by molar-refractivity contribution is -0.176. The van der Waals surface area contributed by atoms with Crippen LogP contribution in [0.2, 0.25) is 0 Å². The first kappa shape index (κ1) is 22.7. The summed E-state index contributed by atoms with van der Waals surface area (Å²) < 4.78 is 43.1. The molecule has 0 spiro atoms. The van der Waals surface area contributed by atoms with Crippen molar-refractivity contribution >= 4 is 16.8 Å². The second-order valence-corrected chi connectivity index (χ2v) is 7.63. The van der Waals surface area contributed by atoms with Gasteiger partial charge in [-0.25, -0.2) is 0 Å². The highest BCUT2D eigenvalue weighted by Crippen LogP contribution is 2.19. The third-order valence-electron chi connectivity index (χ3n) is 4.43. The Bertz CT molecular complexity index is 1060. The number of hydrogen-bond acceptors (Lipinski definition) is 5. The fourth-order valence-electron chi connectivity index (χ4n) is 3.15. The van der Waals surface area contributed by atoms with Crippen molar-refractivity contribution in [1.29, 1.82) is 0 Å². The van der Waals surface area contributed by atoms with Crippen LogP contribution in [0.15, 0.2) is 30.7 Å². The van der Waals surface area contributed by atoms with Gasteiger partial charge in [0.1, 0.15) is 6.61 Å². The summed E-state index contributed by atoms with van der Waals surface area (Å²) in [4.78, 5) is 20.7. The highest BCUT2D eigenvalue weighted by Gasteiger charge is 2.27. The number of nitrogens with one attached hydrogen (secondary N) is 1. The summed E-state index contributed by atoms with van der Waals surface area (Å²) in [5.41, 5.74) is 3.42. The Morgan fingerprint density at radius 2 is 2.03 bits per heavy atom. The zero-order valence-electron chi connectivity index (χ0n) is 17.5. The number of alkyl halides is 3. The molecule has 0 fully saturated rings. The highest BCUT2D eigenvalue weighted by molar-refractivity contribution is 5.86. The number of carbonyl (C=O) groups is 1. The predicted octanol–water partition coefficient (Wildman–Crippen LogP) is 3.33. The molecule has 31 heavy (non-hydrogen) atoms. The first-order valence-corrected chi connectivity index (χ1v) is 9.80. The summed E-state index contributed by atoms with van der Waals surface area (Å²) in [6.07, 6.45) is 0.851. The van der Waals surface area contributed by atoms with E-state index in [4.69, 9.17) is 0 Å². The van der Waals surface area contributed by atoms with Crippen LogP contribution in [-0.4, -0.2) is 44.5 Å². The Hall–Kier alpha value is -3.01. The Balaban J connectivity index is 1.71. The van der Waals surface area contributed by atoms with Gasteiger partial charge in [-0.2, -0.15) is 18.3 Å². The molecule has 0 aliphatic heterocycles. The van der Waals surface area contributed by atoms with Crippen LogP contribution in [0.4, 0.5) is 13.2 Å². The van der Waals surface area contributed by atoms with E-state index in [0.717, 1.165) is 22.0 Å². The lowest BCUT2D eigenvalue weighted by atomic mass is 10.1. The second kappa shape index (κ2) is 9.42. The van der Waals surface area contributed by atoms with E-state index in [0.29, 0.717) is 17.9 Å². The molecule has 3 heterocycles. The number of halogens is 3. The van der Waals surface area contributed by atoms with Gasteiger partial charge in [-0.15, -0.1) is 0 Å². The van der Waals surface area contributed by atoms with Crippen LogP contribution >= 0.6 is 0 Å². The summed E-state index contributed by atoms with van der Waals surface area (Å²) in [6, 6.07) is 3.67. The van der Waals surface area contributed by atoms with Crippen LogP contribution in [0.3, 0.4) is 0 Å². The molecule has 166 valence electrons. The SMILES string of the molecule is Cc1cc(Cn2cc3c(CC(=O)NC(C)C)nccc3n2)cnc1COCC(F)(F)F. The van der Waals surface area contributed by atoms with Gasteiger partial charge in [0.15, 0.2) is 0 Å². The van der Waals surface area contributed by atoms with Gasteiger partial charge in [0.05, 0.1) is 36.5 Å². The lowest BCUT2D eigenvalue weighted by Crippen LogP contribution is -2.31. The molecule has 0 aliphatic carbocycles. The number of nitrogens with zero attached hydrogens (tertiary/aromatic N) is 4. The van der Waals surface area contributed by atoms with Gasteiger partial charge in [-0.3, -0.25) is 19.4 Å². The van der Waals surface area contributed by atoms with Gasteiger partial charge in [0.25, 0.3) is 0 Å². The van der Waals surface area contributed by atoms with E-state index in [9.17, 15) is 18.0 Å². The van der Waals surface area contributed by atoms with Crippen molar-refractivity contribution in [3.8, 4) is 0 Å². The number of aryl methyl sites for hydroxylation is 1. The van der Waals surface area contributed by atoms with Crippen LogP contribution < -0.4 is 5.32 Å². The minimum absolute atomic E-state index is 0.0481. The molecule has 0 aromatic carbocycles. The van der Waals surface area contributed by atoms with Crippen molar-refractivity contribution in [2.75, 3.05) is 6.61 Å². The van der Waals surface area contributed by atoms with Gasteiger partial charge >= 0.3 is 6.18 Å². The van der Waals surface area contributed by atoms with Gasteiger partial charge in [0.2, 0.25) is 5.91 Å². The summed E-state index contributed by atoms with van der Waals surface area (Å²) in [6.45, 7) is 4.48. The van der Waals surface area contributed by atoms with Crippen LogP contribution in [0, 0.1) is 6.92 Å². The van der Waals surface area contributed by atoms with Crippen molar-refractivity contribution < 1.29 is 22.7 Å². The maximum Gasteiger partial charge on any atom is 0.411 e. The summed E-state index contributed by atoms with van der Waals surface area (Å²) in [5.74, 6) is -0.106. The fourth-order valence-corrected chi connectivity index (χ4v) is 3.15. The van der Waals surface area contributed by atoms with E-state index in [1.807, 2.05) is 26.1 Å². The number of fused-ring (bicyclic) bond motifs is 1. The number of pyridine rings is 2. The average molecular weight is 435 g/mol. The quantitative estimate of drug-likeness (QED) is 0.587. The molecule has 7 nitrogen and oxygen atoms in total. The van der Waals surface area contributed by atoms with Gasteiger partial charge in [0, 0.05) is 30.0 Å². The zero-order valence-corrected chi connectivity index (χ0v) is 17.5. The monoisotopic (exact) mass is 435 g/mol. The topological polar surface area (TPSA) is 81.9 Å². The first-order chi connectivity index (χ1) is 14.6. The number of ether oxygens (including phenoxy) is 1. The Morgan fingerprint density at radius 1 is 1.26 bits per heavy atom. The average Bonchev–Trinajstić information content (AvgIpc) is 3.05. The number of aromatic nitrogens is 4. The maximum atomic E-state index is 12.2. The molecular weight excluding hydrogens is 411 g/mol. The van der Waals surface area contributed by atoms with Crippen molar-refractivity contribution in [1.82, 2.24) is 25.1 Å². The third-order valence-corrected chi connectivity index (χ3v) is 4.43. The smallest absolute Gasteiger partial charge is 0.366 e. The largest absolute Gasteiger partial charge is 0.411 e. The zero-order chi connectivity index (χ0) is 22.6. The summed E-state index contributed by atoms with van der Waals surface area (Å²) >= 11 is 0. The molecule has 3 aromatic rings. The standard InChI is InChI=1S/C21H24F3N5O2/c1-13(2)27-20(30)7-18-16-10-29(28-17(16)4-5-25-18)9-15-6-14(3)19(26-8-15)11-31-12-21(22,23)24/h4-6,8,10,13H,7,9,11-12H2,1-3H3,(H,27,30). The van der Waals surface area contributed by atoms with E-state index in [-0.39, 0.29) is 25.0 Å². The summed E-state index contributed by atoms with van der Waals surface area (Å²) in [5, 5.41) is 8.18. The van der Waals surface area contributed by atoms with E-state index < -0.39 is 12.8 Å². The molecule has 10 heteroatoms. The van der Waals surface area contributed by atoms with Crippen molar-refractivity contribution in [3.05, 3.63) is 53.2 Å². The molecule has 0 atom stereocenters. The number of carbonyl (C=O) groups excluding carboxylic acids is 1. The van der Waals surface area contributed by atoms with E-state index in [2.05, 4.69) is 25.1 Å². The van der Waals surface area contributed by atoms with Crippen molar-refractivity contribution in [2.24, 2.45) is 0 Å². The number of hydrogen-bond donors (Lipinski definition) is 1. The molecule has 0 aliphatic rings. The Kier molecular flexibility index (Phi) is 6.89. The minimum Gasteiger partial charge on any atom is -0.366 e. The van der Waals surface area contributed by atoms with Gasteiger partial charge in [-0.05, 0) is 38.0 Å². The van der Waals surface area contributed by atoms with Gasteiger partial charge < -0.3 is 10.1 Å². The molecule has 1 N–H and O–H groups in total. The van der Waals surface area contributed by atoms with Gasteiger partial charge in [-0.1, -0.05) is 6.07 Å². The fraction of sp³-hybridized carbons (Fsp3) is 0.429. The van der Waals surface area contributed by atoms with Crippen molar-refractivity contribution in [2.45, 2.75) is 52.6 Å². The molecule has 0 unspecified atom stereocenters. The molecule has 3 aromatic heterocycles. The highest BCUT2D eigenvalue weighted by atomic mass is 19.4. The van der Waals surface area contributed by atoms with E-state index in [1.54, 1.807) is 30.1 Å². The summed E-state index contributed by atoms with van der Waals surface area (Å²) in [7, 11) is 0. The Morgan fingerprint density at radius 3 is 2.71 bits per heavy atom. The van der Waals surface area contributed by atoms with Crippen LogP contribution in [0.1, 0.15) is 36.4 Å². The van der Waals surface area contributed by atoms with Crippen LogP contribution in [0.25, 0.3) is 10.9 Å². The minimum atomic E-state index is -4.36. The van der Waals surface area contributed by atoms with Crippen LogP contribution in [0.5, 0.6) is 0 Å².